The number of carbonyl (C=O) groups is 2. The highest BCUT2D eigenvalue weighted by Gasteiger charge is 2.21. The molecule has 0 aliphatic heterocycles. The van der Waals surface area contributed by atoms with Crippen LogP contribution in [-0.4, -0.2) is 21.6 Å². The van der Waals surface area contributed by atoms with Gasteiger partial charge in [0, 0.05) is 6.20 Å². The molecule has 126 valence electrons. The highest BCUT2D eigenvalue weighted by Crippen LogP contribution is 2.19. The Morgan fingerprint density at radius 3 is 2.44 bits per heavy atom. The van der Waals surface area contributed by atoms with Gasteiger partial charge in [0.2, 0.25) is 5.91 Å². The lowest BCUT2D eigenvalue weighted by Gasteiger charge is -2.15. The number of hydrogen-bond donors (Lipinski definition) is 2. The summed E-state index contributed by atoms with van der Waals surface area (Å²) in [5.41, 5.74) is 6.98. The van der Waals surface area contributed by atoms with Gasteiger partial charge in [0.05, 0.1) is 22.5 Å². The Morgan fingerprint density at radius 1 is 1.08 bits per heavy atom. The zero-order valence-electron chi connectivity index (χ0n) is 13.1. The van der Waals surface area contributed by atoms with Crippen LogP contribution in [0.25, 0.3) is 5.69 Å². The summed E-state index contributed by atoms with van der Waals surface area (Å²) in [6.07, 6.45) is 2.95. The minimum atomic E-state index is -0.919. The molecule has 1 atom stereocenters. The molecule has 0 aliphatic rings. The zero-order chi connectivity index (χ0) is 17.8. The van der Waals surface area contributed by atoms with Gasteiger partial charge in [-0.25, -0.2) is 4.68 Å². The van der Waals surface area contributed by atoms with Gasteiger partial charge >= 0.3 is 0 Å². The van der Waals surface area contributed by atoms with Crippen LogP contribution in [0, 0.1) is 0 Å². The maximum Gasteiger partial charge on any atom is 0.255 e. The number of carbonyl (C=O) groups excluding carboxylic acids is 2. The normalized spacial score (nSPS) is 11.7. The first-order chi connectivity index (χ1) is 12.1. The first-order valence-corrected chi connectivity index (χ1v) is 7.89. The third-order valence-electron chi connectivity index (χ3n) is 3.64. The fourth-order valence-corrected chi connectivity index (χ4v) is 2.61. The van der Waals surface area contributed by atoms with Crippen LogP contribution < -0.4 is 11.1 Å². The number of primary amides is 1. The topological polar surface area (TPSA) is 90.0 Å². The summed E-state index contributed by atoms with van der Waals surface area (Å²) >= 11 is 6.13. The number of hydrogen-bond acceptors (Lipinski definition) is 3. The Bertz CT molecular complexity index is 908. The molecule has 0 unspecified atom stereocenters. The molecule has 7 heteroatoms. The van der Waals surface area contributed by atoms with Crippen LogP contribution in [0.4, 0.5) is 0 Å². The second kappa shape index (κ2) is 7.19. The summed E-state index contributed by atoms with van der Waals surface area (Å²) in [4.78, 5) is 24.2. The summed E-state index contributed by atoms with van der Waals surface area (Å²) in [6, 6.07) is 15.0. The first-order valence-electron chi connectivity index (χ1n) is 7.51. The zero-order valence-corrected chi connectivity index (χ0v) is 13.9. The monoisotopic (exact) mass is 354 g/mol. The fraction of sp³-hybridized carbons (Fsp3) is 0.0556. The standard InChI is InChI=1S/C18H15ClN4O2/c19-14-8-4-5-9-15(14)23-11-13(10-21-23)18(25)22-16(17(20)24)12-6-2-1-3-7-12/h1-11,16H,(H2,20,24)(H,22,25)/t16-/m1/s1. The van der Waals surface area contributed by atoms with Crippen molar-refractivity contribution in [1.29, 1.82) is 0 Å². The van der Waals surface area contributed by atoms with Crippen LogP contribution in [0.1, 0.15) is 22.0 Å². The molecule has 3 rings (SSSR count). The summed E-state index contributed by atoms with van der Waals surface area (Å²) in [5, 5.41) is 7.29. The molecule has 1 aromatic heterocycles. The second-order valence-electron chi connectivity index (χ2n) is 5.34. The lowest BCUT2D eigenvalue weighted by molar-refractivity contribution is -0.120. The minimum Gasteiger partial charge on any atom is -0.368 e. The summed E-state index contributed by atoms with van der Waals surface area (Å²) in [5.74, 6) is -1.09. The Labute approximate surface area is 149 Å². The van der Waals surface area contributed by atoms with Gasteiger partial charge in [-0.3, -0.25) is 9.59 Å². The largest absolute Gasteiger partial charge is 0.368 e. The van der Waals surface area contributed by atoms with E-state index in [1.165, 1.54) is 10.9 Å². The van der Waals surface area contributed by atoms with Crippen molar-refractivity contribution in [2.45, 2.75) is 6.04 Å². The lowest BCUT2D eigenvalue weighted by Crippen LogP contribution is -2.37. The predicted octanol–water partition coefficient (Wildman–Crippen LogP) is 2.48. The lowest BCUT2D eigenvalue weighted by atomic mass is 10.1. The van der Waals surface area contributed by atoms with Crippen LogP contribution in [0.5, 0.6) is 0 Å². The molecule has 0 radical (unpaired) electrons. The van der Waals surface area contributed by atoms with E-state index in [9.17, 15) is 9.59 Å². The number of amides is 2. The van der Waals surface area contributed by atoms with E-state index < -0.39 is 17.9 Å². The average Bonchev–Trinajstić information content (AvgIpc) is 3.10. The molecular formula is C18H15ClN4O2. The molecule has 3 aromatic rings. The van der Waals surface area contributed by atoms with Crippen molar-refractivity contribution >= 4 is 23.4 Å². The summed E-state index contributed by atoms with van der Waals surface area (Å²) in [7, 11) is 0. The van der Waals surface area contributed by atoms with Gasteiger partial charge in [0.15, 0.2) is 0 Å². The van der Waals surface area contributed by atoms with Gasteiger partial charge < -0.3 is 11.1 Å². The van der Waals surface area contributed by atoms with Crippen molar-refractivity contribution < 1.29 is 9.59 Å². The average molecular weight is 355 g/mol. The smallest absolute Gasteiger partial charge is 0.255 e. The van der Waals surface area contributed by atoms with E-state index in [1.807, 2.05) is 12.1 Å². The van der Waals surface area contributed by atoms with E-state index >= 15 is 0 Å². The third kappa shape index (κ3) is 3.70. The molecule has 0 saturated heterocycles. The van der Waals surface area contributed by atoms with Gasteiger partial charge in [-0.05, 0) is 17.7 Å². The number of aromatic nitrogens is 2. The number of halogens is 1. The van der Waals surface area contributed by atoms with E-state index in [0.29, 0.717) is 21.8 Å². The second-order valence-corrected chi connectivity index (χ2v) is 5.75. The van der Waals surface area contributed by atoms with Crippen LogP contribution in [-0.2, 0) is 4.79 Å². The van der Waals surface area contributed by atoms with Crippen molar-refractivity contribution in [3.05, 3.63) is 83.1 Å². The van der Waals surface area contributed by atoms with Crippen molar-refractivity contribution in [3.63, 3.8) is 0 Å². The minimum absolute atomic E-state index is 0.294. The number of nitrogens with zero attached hydrogens (tertiary/aromatic N) is 2. The van der Waals surface area contributed by atoms with Gasteiger partial charge in [-0.2, -0.15) is 5.10 Å². The van der Waals surface area contributed by atoms with Crippen molar-refractivity contribution in [2.24, 2.45) is 5.73 Å². The molecule has 0 saturated carbocycles. The van der Waals surface area contributed by atoms with E-state index in [1.54, 1.807) is 48.7 Å². The number of rotatable bonds is 5. The highest BCUT2D eigenvalue weighted by molar-refractivity contribution is 6.32. The summed E-state index contributed by atoms with van der Waals surface area (Å²) < 4.78 is 1.50. The van der Waals surface area contributed by atoms with E-state index in [2.05, 4.69) is 10.4 Å². The molecule has 6 nitrogen and oxygen atoms in total. The molecule has 25 heavy (non-hydrogen) atoms. The number of benzene rings is 2. The number of nitrogens with two attached hydrogens (primary N) is 1. The van der Waals surface area contributed by atoms with Gasteiger partial charge in [-0.15, -0.1) is 0 Å². The van der Waals surface area contributed by atoms with E-state index in [0.717, 1.165) is 0 Å². The Hall–Kier alpha value is -3.12. The van der Waals surface area contributed by atoms with Crippen LogP contribution in [0.15, 0.2) is 67.0 Å². The quantitative estimate of drug-likeness (QED) is 0.737. The van der Waals surface area contributed by atoms with Gasteiger partial charge in [0.1, 0.15) is 6.04 Å². The Balaban J connectivity index is 1.82. The van der Waals surface area contributed by atoms with Crippen molar-refractivity contribution in [2.75, 3.05) is 0 Å². The van der Waals surface area contributed by atoms with Crippen LogP contribution >= 0.6 is 11.6 Å². The summed E-state index contributed by atoms with van der Waals surface area (Å²) in [6.45, 7) is 0. The molecule has 0 aliphatic carbocycles. The molecule has 2 aromatic carbocycles. The van der Waals surface area contributed by atoms with Gasteiger partial charge in [0.25, 0.3) is 5.91 Å². The third-order valence-corrected chi connectivity index (χ3v) is 3.96. The number of nitrogens with one attached hydrogen (secondary N) is 1. The molecule has 3 N–H and O–H groups in total. The maximum absolute atomic E-state index is 12.5. The van der Waals surface area contributed by atoms with Crippen LogP contribution in [0.2, 0.25) is 5.02 Å². The predicted molar refractivity (Wildman–Crippen MR) is 94.4 cm³/mol. The molecule has 0 spiro atoms. The first kappa shape index (κ1) is 16.7. The van der Waals surface area contributed by atoms with E-state index in [4.69, 9.17) is 17.3 Å². The fourth-order valence-electron chi connectivity index (χ4n) is 2.39. The molecule has 1 heterocycles. The highest BCUT2D eigenvalue weighted by atomic mass is 35.5. The molecular weight excluding hydrogens is 340 g/mol. The Morgan fingerprint density at radius 2 is 1.76 bits per heavy atom. The Kier molecular flexibility index (Phi) is 4.81. The molecule has 2 amide bonds. The maximum atomic E-state index is 12.5. The number of para-hydroxylation sites is 1. The van der Waals surface area contributed by atoms with E-state index in [-0.39, 0.29) is 0 Å². The van der Waals surface area contributed by atoms with Crippen molar-refractivity contribution in [1.82, 2.24) is 15.1 Å². The van der Waals surface area contributed by atoms with Gasteiger partial charge in [-0.1, -0.05) is 54.1 Å². The van der Waals surface area contributed by atoms with Crippen LogP contribution in [0.3, 0.4) is 0 Å². The van der Waals surface area contributed by atoms with Crippen molar-refractivity contribution in [3.8, 4) is 5.69 Å². The molecule has 0 bridgehead atoms. The molecule has 0 fully saturated rings. The SMILES string of the molecule is NC(=O)[C@H](NC(=O)c1cnn(-c2ccccc2Cl)c1)c1ccccc1.